The Balaban J connectivity index is 3.90. The van der Waals surface area contributed by atoms with Crippen molar-refractivity contribution in [2.75, 3.05) is 13.1 Å². The van der Waals surface area contributed by atoms with Crippen molar-refractivity contribution in [3.8, 4) is 0 Å². The Hall–Kier alpha value is -1.38. The summed E-state index contributed by atoms with van der Waals surface area (Å²) in [4.78, 5) is 14.9. The van der Waals surface area contributed by atoms with E-state index in [0.29, 0.717) is 32.4 Å². The second kappa shape index (κ2) is 12.4. The summed E-state index contributed by atoms with van der Waals surface area (Å²) < 4.78 is 0. The number of aliphatic hydroxyl groups excluding tert-OH is 1. The van der Waals surface area contributed by atoms with Gasteiger partial charge in [0.15, 0.2) is 5.96 Å². The predicted molar refractivity (Wildman–Crippen MR) is 82.6 cm³/mol. The Bertz CT molecular complexity index is 308. The van der Waals surface area contributed by atoms with E-state index in [2.05, 4.69) is 10.3 Å². The molecule has 0 spiro atoms. The number of aliphatic imine (C=N–C) groups is 1. The molecular weight excluding hydrogens is 274 g/mol. The average molecular weight is 303 g/mol. The molecule has 0 radical (unpaired) electrons. The van der Waals surface area contributed by atoms with Gasteiger partial charge in [0.25, 0.3) is 0 Å². The van der Waals surface area contributed by atoms with Crippen molar-refractivity contribution in [1.29, 1.82) is 0 Å². The van der Waals surface area contributed by atoms with E-state index in [1.807, 2.05) is 0 Å². The molecule has 0 aromatic rings. The maximum absolute atomic E-state index is 11.1. The molecule has 0 fully saturated rings. The van der Waals surface area contributed by atoms with Crippen LogP contribution in [0.2, 0.25) is 0 Å². The van der Waals surface area contributed by atoms with Crippen LogP contribution < -0.4 is 22.5 Å². The number of aliphatic hydroxyl groups is 1. The van der Waals surface area contributed by atoms with Gasteiger partial charge in [0.2, 0.25) is 0 Å². The molecule has 8 heteroatoms. The summed E-state index contributed by atoms with van der Waals surface area (Å²) in [5.41, 5.74) is 15.8. The molecule has 0 aliphatic carbocycles. The summed E-state index contributed by atoms with van der Waals surface area (Å²) in [7, 11) is 0. The van der Waals surface area contributed by atoms with E-state index in [1.54, 1.807) is 0 Å². The second-order valence-electron chi connectivity index (χ2n) is 5.01. The Morgan fingerprint density at radius 1 is 1.10 bits per heavy atom. The molecule has 0 aliphatic rings. The molecule has 0 saturated heterocycles. The van der Waals surface area contributed by atoms with E-state index in [0.717, 1.165) is 25.7 Å². The van der Waals surface area contributed by atoms with Crippen LogP contribution in [0.1, 0.15) is 44.9 Å². The van der Waals surface area contributed by atoms with Gasteiger partial charge in [-0.3, -0.25) is 15.1 Å². The number of carboxylic acid groups (broad SMARTS) is 1. The zero-order valence-electron chi connectivity index (χ0n) is 12.5. The number of guanidine groups is 1. The fourth-order valence-electron chi connectivity index (χ4n) is 1.93. The highest BCUT2D eigenvalue weighted by Crippen LogP contribution is 2.06. The number of hydrogen-bond donors (Lipinski definition) is 6. The van der Waals surface area contributed by atoms with Crippen LogP contribution in [-0.4, -0.2) is 47.5 Å². The first kappa shape index (κ1) is 19.6. The number of nitrogens with zero attached hydrogens (tertiary/aromatic N) is 1. The third-order valence-electron chi connectivity index (χ3n) is 3.07. The summed E-state index contributed by atoms with van der Waals surface area (Å²) in [5, 5.41) is 21.6. The van der Waals surface area contributed by atoms with Gasteiger partial charge in [-0.1, -0.05) is 12.8 Å². The van der Waals surface area contributed by atoms with Crippen molar-refractivity contribution >= 4 is 11.9 Å². The number of rotatable bonds is 13. The molecule has 8 nitrogen and oxygen atoms in total. The Morgan fingerprint density at radius 2 is 1.76 bits per heavy atom. The molecule has 0 aromatic heterocycles. The van der Waals surface area contributed by atoms with E-state index in [-0.39, 0.29) is 5.96 Å². The molecule has 0 saturated carbocycles. The van der Waals surface area contributed by atoms with Crippen molar-refractivity contribution in [2.45, 2.75) is 57.2 Å². The maximum Gasteiger partial charge on any atom is 0.320 e. The number of nitrogens with two attached hydrogens (primary N) is 3. The van der Waals surface area contributed by atoms with Crippen molar-refractivity contribution in [3.63, 3.8) is 0 Å². The molecule has 0 rings (SSSR count). The van der Waals surface area contributed by atoms with Crippen molar-refractivity contribution < 1.29 is 15.0 Å². The zero-order chi connectivity index (χ0) is 16.1. The van der Waals surface area contributed by atoms with Crippen molar-refractivity contribution in [3.05, 3.63) is 0 Å². The molecule has 0 aromatic carbocycles. The van der Waals surface area contributed by atoms with Crippen LogP contribution in [-0.2, 0) is 4.79 Å². The first-order chi connectivity index (χ1) is 9.97. The molecule has 9 N–H and O–H groups in total. The van der Waals surface area contributed by atoms with Crippen LogP contribution in [0.15, 0.2) is 4.99 Å². The van der Waals surface area contributed by atoms with Crippen LogP contribution in [0, 0.1) is 0 Å². The van der Waals surface area contributed by atoms with Crippen LogP contribution in [0.3, 0.4) is 0 Å². The highest BCUT2D eigenvalue weighted by molar-refractivity contribution is 5.75. The molecule has 2 atom stereocenters. The quantitative estimate of drug-likeness (QED) is 0.114. The molecule has 124 valence electrons. The van der Waals surface area contributed by atoms with E-state index in [9.17, 15) is 9.90 Å². The Kier molecular flexibility index (Phi) is 11.6. The number of carbonyl (C=O) groups is 1. The molecular formula is C13H29N5O3. The molecule has 0 aliphatic heterocycles. The topological polar surface area (TPSA) is 160 Å². The Morgan fingerprint density at radius 3 is 2.33 bits per heavy atom. The average Bonchev–Trinajstić information content (AvgIpc) is 2.41. The van der Waals surface area contributed by atoms with Crippen LogP contribution in [0.4, 0.5) is 0 Å². The van der Waals surface area contributed by atoms with Gasteiger partial charge in [-0.15, -0.1) is 0 Å². The number of nitrogens with one attached hydrogen (secondary N) is 1. The minimum absolute atomic E-state index is 0.00709. The second-order valence-corrected chi connectivity index (χ2v) is 5.01. The zero-order valence-corrected chi connectivity index (χ0v) is 12.5. The summed E-state index contributed by atoms with van der Waals surface area (Å²) in [6.07, 6.45) is 4.44. The SMILES string of the molecule is NCCCCCCC(O)NC(CCCN=C(N)N)C(=O)O. The van der Waals surface area contributed by atoms with Crippen LogP contribution >= 0.6 is 0 Å². The predicted octanol–water partition coefficient (Wildman–Crippen LogP) is -0.690. The highest BCUT2D eigenvalue weighted by atomic mass is 16.4. The molecule has 21 heavy (non-hydrogen) atoms. The lowest BCUT2D eigenvalue weighted by Crippen LogP contribution is -2.43. The molecule has 2 unspecified atom stereocenters. The standard InChI is InChI=1S/C13H29N5O3/c14-8-4-2-1-3-7-11(19)18-10(12(20)21)6-5-9-17-13(15)16/h10-11,18-19H,1-9,14H2,(H,20,21)(H4,15,16,17). The smallest absolute Gasteiger partial charge is 0.320 e. The first-order valence-electron chi connectivity index (χ1n) is 7.39. The Labute approximate surface area is 125 Å². The fourth-order valence-corrected chi connectivity index (χ4v) is 1.93. The highest BCUT2D eigenvalue weighted by Gasteiger charge is 2.19. The normalized spacial score (nSPS) is 13.6. The van der Waals surface area contributed by atoms with Crippen molar-refractivity contribution in [2.24, 2.45) is 22.2 Å². The van der Waals surface area contributed by atoms with E-state index in [4.69, 9.17) is 22.3 Å². The summed E-state index contributed by atoms with van der Waals surface area (Å²) in [6, 6.07) is -0.793. The number of hydrogen-bond acceptors (Lipinski definition) is 5. The first-order valence-corrected chi connectivity index (χ1v) is 7.39. The van der Waals surface area contributed by atoms with Gasteiger partial charge in [-0.25, -0.2) is 0 Å². The van der Waals surface area contributed by atoms with E-state index >= 15 is 0 Å². The monoisotopic (exact) mass is 303 g/mol. The van der Waals surface area contributed by atoms with E-state index in [1.165, 1.54) is 0 Å². The molecule has 0 amide bonds. The van der Waals surface area contributed by atoms with Gasteiger partial charge < -0.3 is 27.4 Å². The third kappa shape index (κ3) is 12.1. The number of unbranched alkanes of at least 4 members (excludes halogenated alkanes) is 3. The summed E-state index contributed by atoms with van der Waals surface area (Å²) >= 11 is 0. The van der Waals surface area contributed by atoms with Gasteiger partial charge in [0.05, 0.1) is 0 Å². The molecule has 0 heterocycles. The molecule has 0 bridgehead atoms. The lowest BCUT2D eigenvalue weighted by atomic mass is 10.1. The maximum atomic E-state index is 11.1. The lowest BCUT2D eigenvalue weighted by molar-refractivity contribution is -0.140. The fraction of sp³-hybridized carbons (Fsp3) is 0.846. The largest absolute Gasteiger partial charge is 0.480 e. The lowest BCUT2D eigenvalue weighted by Gasteiger charge is -2.19. The van der Waals surface area contributed by atoms with Crippen LogP contribution in [0.5, 0.6) is 0 Å². The number of carboxylic acids is 1. The van der Waals surface area contributed by atoms with Gasteiger partial charge in [-0.2, -0.15) is 0 Å². The van der Waals surface area contributed by atoms with Crippen LogP contribution in [0.25, 0.3) is 0 Å². The minimum atomic E-state index is -0.984. The number of aliphatic carboxylic acids is 1. The third-order valence-corrected chi connectivity index (χ3v) is 3.07. The minimum Gasteiger partial charge on any atom is -0.480 e. The summed E-state index contributed by atoms with van der Waals surface area (Å²) in [5.74, 6) is -0.991. The van der Waals surface area contributed by atoms with Gasteiger partial charge in [-0.05, 0) is 38.6 Å². The van der Waals surface area contributed by atoms with Gasteiger partial charge in [0.1, 0.15) is 12.3 Å². The van der Waals surface area contributed by atoms with Gasteiger partial charge >= 0.3 is 5.97 Å². The summed E-state index contributed by atoms with van der Waals surface area (Å²) in [6.45, 7) is 1.06. The van der Waals surface area contributed by atoms with Crippen molar-refractivity contribution in [1.82, 2.24) is 5.32 Å². The van der Waals surface area contributed by atoms with Gasteiger partial charge in [0, 0.05) is 6.54 Å². The van der Waals surface area contributed by atoms with E-state index < -0.39 is 18.2 Å².